The summed E-state index contributed by atoms with van der Waals surface area (Å²) in [5.41, 5.74) is 0. The topological polar surface area (TPSA) is 12.5 Å². The summed E-state index contributed by atoms with van der Waals surface area (Å²) in [5, 5.41) is 0. The van der Waals surface area contributed by atoms with Gasteiger partial charge in [0.25, 0.3) is 0 Å². The molecule has 2 rings (SSSR count). The summed E-state index contributed by atoms with van der Waals surface area (Å²) >= 11 is 0. The van der Waals surface area contributed by atoms with E-state index in [2.05, 4.69) is 11.9 Å². The van der Waals surface area contributed by atoms with E-state index in [1.807, 2.05) is 13.8 Å². The minimum atomic E-state index is 0.553. The van der Waals surface area contributed by atoms with E-state index in [1.165, 1.54) is 19.3 Å². The summed E-state index contributed by atoms with van der Waals surface area (Å²) in [6.07, 6.45) is 5.04. The number of ether oxygens (including phenoxy) is 1. The van der Waals surface area contributed by atoms with Gasteiger partial charge in [-0.05, 0) is 26.3 Å². The van der Waals surface area contributed by atoms with Gasteiger partial charge in [0.1, 0.15) is 0 Å². The second-order valence-electron chi connectivity index (χ2n) is 3.53. The zero-order valence-corrected chi connectivity index (χ0v) is 8.55. The van der Waals surface area contributed by atoms with Crippen molar-refractivity contribution in [1.29, 1.82) is 0 Å². The number of morpholine rings is 1. The van der Waals surface area contributed by atoms with Crippen LogP contribution < -0.4 is 0 Å². The van der Waals surface area contributed by atoms with E-state index in [9.17, 15) is 0 Å². The van der Waals surface area contributed by atoms with E-state index in [-0.39, 0.29) is 0 Å². The Kier molecular flexibility index (Phi) is 4.02. The van der Waals surface area contributed by atoms with Crippen LogP contribution in [0.25, 0.3) is 0 Å². The third kappa shape index (κ3) is 2.46. The summed E-state index contributed by atoms with van der Waals surface area (Å²) in [5.74, 6) is 0. The maximum atomic E-state index is 5.75. The van der Waals surface area contributed by atoms with Gasteiger partial charge < -0.3 is 9.64 Å². The summed E-state index contributed by atoms with van der Waals surface area (Å²) in [4.78, 5) is 2.39. The molecule has 2 heterocycles. The quantitative estimate of drug-likeness (QED) is 0.552. The lowest BCUT2D eigenvalue weighted by Gasteiger charge is -2.39. The molecule has 0 aliphatic carbocycles. The molecule has 0 amide bonds. The van der Waals surface area contributed by atoms with Crippen molar-refractivity contribution in [2.75, 3.05) is 20.1 Å². The van der Waals surface area contributed by atoms with Gasteiger partial charge in [-0.3, -0.25) is 0 Å². The molecule has 2 heteroatoms. The molecule has 0 N–H and O–H groups in total. The SMILES string of the molecule is CC.CN1CC2CCCC(C1)O2. The third-order valence-electron chi connectivity index (χ3n) is 2.47. The number of likely N-dealkylation sites (tertiary alicyclic amines) is 1. The molecule has 2 bridgehead atoms. The van der Waals surface area contributed by atoms with Crippen LogP contribution in [-0.2, 0) is 4.74 Å². The van der Waals surface area contributed by atoms with Gasteiger partial charge in [-0.2, -0.15) is 0 Å². The average molecular weight is 171 g/mol. The number of rotatable bonds is 0. The Morgan fingerprint density at radius 2 is 1.58 bits per heavy atom. The fraction of sp³-hybridized carbons (Fsp3) is 1.00. The maximum absolute atomic E-state index is 5.75. The second kappa shape index (κ2) is 4.83. The van der Waals surface area contributed by atoms with Gasteiger partial charge in [0, 0.05) is 13.1 Å². The minimum Gasteiger partial charge on any atom is -0.372 e. The third-order valence-corrected chi connectivity index (χ3v) is 2.47. The Bertz CT molecular complexity index is 111. The van der Waals surface area contributed by atoms with Gasteiger partial charge in [0.2, 0.25) is 0 Å². The van der Waals surface area contributed by atoms with Gasteiger partial charge in [-0.15, -0.1) is 0 Å². The highest BCUT2D eigenvalue weighted by Crippen LogP contribution is 2.23. The Balaban J connectivity index is 0.000000336. The van der Waals surface area contributed by atoms with Crippen molar-refractivity contribution >= 4 is 0 Å². The van der Waals surface area contributed by atoms with E-state index in [0.29, 0.717) is 12.2 Å². The van der Waals surface area contributed by atoms with Crippen molar-refractivity contribution < 1.29 is 4.74 Å². The predicted octanol–water partition coefficient (Wildman–Crippen LogP) is 1.90. The molecule has 0 spiro atoms. The maximum Gasteiger partial charge on any atom is 0.0706 e. The van der Waals surface area contributed by atoms with E-state index in [1.54, 1.807) is 0 Å². The fourth-order valence-corrected chi connectivity index (χ4v) is 2.02. The van der Waals surface area contributed by atoms with Crippen LogP contribution in [0.4, 0.5) is 0 Å². The van der Waals surface area contributed by atoms with Crippen LogP contribution in [0.2, 0.25) is 0 Å². The van der Waals surface area contributed by atoms with E-state index >= 15 is 0 Å². The first kappa shape index (κ1) is 10.0. The molecule has 0 saturated carbocycles. The molecule has 0 radical (unpaired) electrons. The lowest BCUT2D eigenvalue weighted by Crippen LogP contribution is -2.47. The molecule has 2 aliphatic rings. The first-order chi connectivity index (χ1) is 5.84. The van der Waals surface area contributed by atoms with Gasteiger partial charge in [0.15, 0.2) is 0 Å². The number of likely N-dealkylation sites (N-methyl/N-ethyl adjacent to an activating group) is 1. The minimum absolute atomic E-state index is 0.553. The van der Waals surface area contributed by atoms with Crippen molar-refractivity contribution in [3.8, 4) is 0 Å². The first-order valence-corrected chi connectivity index (χ1v) is 5.18. The first-order valence-electron chi connectivity index (χ1n) is 5.18. The molecule has 0 aromatic heterocycles. The van der Waals surface area contributed by atoms with Crippen molar-refractivity contribution in [2.24, 2.45) is 0 Å². The largest absolute Gasteiger partial charge is 0.372 e. The van der Waals surface area contributed by atoms with Gasteiger partial charge in [0.05, 0.1) is 12.2 Å². The van der Waals surface area contributed by atoms with E-state index < -0.39 is 0 Å². The smallest absolute Gasteiger partial charge is 0.0706 e. The number of hydrogen-bond donors (Lipinski definition) is 0. The monoisotopic (exact) mass is 171 g/mol. The van der Waals surface area contributed by atoms with Crippen molar-refractivity contribution in [2.45, 2.75) is 45.3 Å². The van der Waals surface area contributed by atoms with Gasteiger partial charge in [-0.1, -0.05) is 13.8 Å². The Morgan fingerprint density at radius 1 is 1.08 bits per heavy atom. The highest BCUT2D eigenvalue weighted by Gasteiger charge is 2.28. The van der Waals surface area contributed by atoms with Crippen LogP contribution >= 0.6 is 0 Å². The Hall–Kier alpha value is -0.0800. The highest BCUT2D eigenvalue weighted by atomic mass is 16.5. The Labute approximate surface area is 75.9 Å². The van der Waals surface area contributed by atoms with Crippen LogP contribution in [0.15, 0.2) is 0 Å². The summed E-state index contributed by atoms with van der Waals surface area (Å²) < 4.78 is 5.75. The van der Waals surface area contributed by atoms with Crippen molar-refractivity contribution in [3.05, 3.63) is 0 Å². The zero-order valence-electron chi connectivity index (χ0n) is 8.55. The van der Waals surface area contributed by atoms with E-state index in [0.717, 1.165) is 13.1 Å². The average Bonchev–Trinajstić information content (AvgIpc) is 2.07. The molecule has 12 heavy (non-hydrogen) atoms. The molecule has 2 nitrogen and oxygen atoms in total. The summed E-state index contributed by atoms with van der Waals surface area (Å²) in [6, 6.07) is 0. The lowest BCUT2D eigenvalue weighted by molar-refractivity contribution is -0.107. The molecule has 0 aromatic carbocycles. The molecular formula is C10H21NO. The normalized spacial score (nSPS) is 35.2. The standard InChI is InChI=1S/C8H15NO.C2H6/c1-9-5-7-3-2-4-8(6-9)10-7;1-2/h7-8H,2-6H2,1H3;1-2H3. The molecule has 2 unspecified atom stereocenters. The van der Waals surface area contributed by atoms with Crippen LogP contribution in [-0.4, -0.2) is 37.2 Å². The number of fused-ring (bicyclic) bond motifs is 2. The molecule has 2 fully saturated rings. The van der Waals surface area contributed by atoms with E-state index in [4.69, 9.17) is 4.74 Å². The van der Waals surface area contributed by atoms with Crippen LogP contribution in [0.5, 0.6) is 0 Å². The predicted molar refractivity (Wildman–Crippen MR) is 51.4 cm³/mol. The fourth-order valence-electron chi connectivity index (χ4n) is 2.02. The van der Waals surface area contributed by atoms with Gasteiger partial charge in [-0.25, -0.2) is 0 Å². The molecular weight excluding hydrogens is 150 g/mol. The second-order valence-corrected chi connectivity index (χ2v) is 3.53. The van der Waals surface area contributed by atoms with Gasteiger partial charge >= 0.3 is 0 Å². The zero-order chi connectivity index (χ0) is 8.97. The molecule has 72 valence electrons. The molecule has 2 aliphatic heterocycles. The van der Waals surface area contributed by atoms with Crippen molar-refractivity contribution in [3.63, 3.8) is 0 Å². The Morgan fingerprint density at radius 3 is 2.08 bits per heavy atom. The summed E-state index contributed by atoms with van der Waals surface area (Å²) in [6.45, 7) is 6.30. The lowest BCUT2D eigenvalue weighted by atomic mass is 10.0. The molecule has 2 atom stereocenters. The number of nitrogens with zero attached hydrogens (tertiary/aromatic N) is 1. The van der Waals surface area contributed by atoms with Crippen LogP contribution in [0.3, 0.4) is 0 Å². The summed E-state index contributed by atoms with van der Waals surface area (Å²) in [7, 11) is 2.19. The highest BCUT2D eigenvalue weighted by molar-refractivity contribution is 4.80. The number of hydrogen-bond acceptors (Lipinski definition) is 2. The molecule has 0 aromatic rings. The van der Waals surface area contributed by atoms with Crippen LogP contribution in [0, 0.1) is 0 Å². The molecule has 2 saturated heterocycles. The van der Waals surface area contributed by atoms with Crippen molar-refractivity contribution in [1.82, 2.24) is 4.90 Å². The van der Waals surface area contributed by atoms with Crippen LogP contribution in [0.1, 0.15) is 33.1 Å².